The molecule has 1 aromatic rings. The number of rotatable bonds is 7. The van der Waals surface area contributed by atoms with E-state index in [1.807, 2.05) is 32.9 Å². The molecule has 0 bridgehead atoms. The Hall–Kier alpha value is -0.920. The van der Waals surface area contributed by atoms with E-state index in [0.29, 0.717) is 18.2 Å². The third kappa shape index (κ3) is 6.46. The summed E-state index contributed by atoms with van der Waals surface area (Å²) in [5.41, 5.74) is 1.60. The molecule has 1 rings (SSSR count). The molecule has 0 unspecified atom stereocenters. The standard InChI is InChI=1S/C15H23BrN2O3S/c1-11(2)7-8-18(22(4,20)21)10-15(19)17-14-6-5-13(16)9-12(14)3/h5-6,9,11H,7-8,10H2,1-4H3,(H,17,19). The number of sulfonamides is 1. The number of hydrogen-bond acceptors (Lipinski definition) is 3. The second-order valence-electron chi connectivity index (χ2n) is 5.79. The third-order valence-corrected chi connectivity index (χ3v) is 4.95. The van der Waals surface area contributed by atoms with Gasteiger partial charge >= 0.3 is 0 Å². The molecule has 0 saturated heterocycles. The van der Waals surface area contributed by atoms with E-state index in [-0.39, 0.29) is 12.5 Å². The van der Waals surface area contributed by atoms with Crippen molar-refractivity contribution >= 4 is 37.5 Å². The summed E-state index contributed by atoms with van der Waals surface area (Å²) >= 11 is 3.36. The summed E-state index contributed by atoms with van der Waals surface area (Å²) in [5.74, 6) is 0.0423. The fourth-order valence-electron chi connectivity index (χ4n) is 1.88. The summed E-state index contributed by atoms with van der Waals surface area (Å²) in [5, 5.41) is 2.76. The maximum atomic E-state index is 12.1. The minimum Gasteiger partial charge on any atom is -0.325 e. The van der Waals surface area contributed by atoms with Crippen molar-refractivity contribution in [3.05, 3.63) is 28.2 Å². The Bertz CT molecular complexity index is 630. The number of nitrogens with one attached hydrogen (secondary N) is 1. The Morgan fingerprint density at radius 2 is 2.00 bits per heavy atom. The largest absolute Gasteiger partial charge is 0.325 e. The van der Waals surface area contributed by atoms with Crippen molar-refractivity contribution in [2.45, 2.75) is 27.2 Å². The van der Waals surface area contributed by atoms with Crippen molar-refractivity contribution < 1.29 is 13.2 Å². The van der Waals surface area contributed by atoms with Crippen LogP contribution in [0.1, 0.15) is 25.8 Å². The molecule has 1 amide bonds. The molecule has 0 atom stereocenters. The predicted octanol–water partition coefficient (Wildman–Crippen LogP) is 3.00. The van der Waals surface area contributed by atoms with Gasteiger partial charge in [0.15, 0.2) is 0 Å². The number of benzene rings is 1. The second-order valence-corrected chi connectivity index (χ2v) is 8.68. The van der Waals surface area contributed by atoms with Crippen LogP contribution in [-0.4, -0.2) is 38.0 Å². The molecule has 5 nitrogen and oxygen atoms in total. The molecule has 1 N–H and O–H groups in total. The zero-order valence-corrected chi connectivity index (χ0v) is 15.8. The first-order valence-electron chi connectivity index (χ1n) is 7.10. The Morgan fingerprint density at radius 1 is 1.36 bits per heavy atom. The van der Waals surface area contributed by atoms with Gasteiger partial charge < -0.3 is 5.32 Å². The zero-order valence-electron chi connectivity index (χ0n) is 13.4. The number of hydrogen-bond donors (Lipinski definition) is 1. The zero-order chi connectivity index (χ0) is 16.9. The van der Waals surface area contributed by atoms with Crippen LogP contribution in [0.25, 0.3) is 0 Å². The highest BCUT2D eigenvalue weighted by Crippen LogP contribution is 2.20. The highest BCUT2D eigenvalue weighted by Gasteiger charge is 2.20. The van der Waals surface area contributed by atoms with Gasteiger partial charge in [0.2, 0.25) is 15.9 Å². The van der Waals surface area contributed by atoms with Crippen molar-refractivity contribution in [2.75, 3.05) is 24.7 Å². The molecule has 0 aliphatic heterocycles. The van der Waals surface area contributed by atoms with Crippen LogP contribution in [0.3, 0.4) is 0 Å². The molecule has 0 aliphatic carbocycles. The number of carbonyl (C=O) groups is 1. The number of anilines is 1. The van der Waals surface area contributed by atoms with Gasteiger partial charge in [-0.05, 0) is 43.0 Å². The molecule has 0 aromatic heterocycles. The van der Waals surface area contributed by atoms with Crippen LogP contribution in [0.2, 0.25) is 0 Å². The van der Waals surface area contributed by atoms with Gasteiger partial charge in [0.1, 0.15) is 0 Å². The maximum absolute atomic E-state index is 12.1. The van der Waals surface area contributed by atoms with Crippen LogP contribution in [-0.2, 0) is 14.8 Å². The first-order valence-corrected chi connectivity index (χ1v) is 9.75. The number of carbonyl (C=O) groups excluding carboxylic acids is 1. The first-order chi connectivity index (χ1) is 10.1. The Morgan fingerprint density at radius 3 is 2.50 bits per heavy atom. The molecule has 0 fully saturated rings. The molecule has 7 heteroatoms. The highest BCUT2D eigenvalue weighted by molar-refractivity contribution is 9.10. The molecule has 22 heavy (non-hydrogen) atoms. The van der Waals surface area contributed by atoms with Gasteiger partial charge in [-0.3, -0.25) is 4.79 Å². The van der Waals surface area contributed by atoms with Gasteiger partial charge in [0, 0.05) is 16.7 Å². The second kappa shape index (κ2) is 8.08. The van der Waals surface area contributed by atoms with Gasteiger partial charge in [-0.15, -0.1) is 0 Å². The third-order valence-electron chi connectivity index (χ3n) is 3.21. The lowest BCUT2D eigenvalue weighted by Crippen LogP contribution is -2.38. The van der Waals surface area contributed by atoms with E-state index in [4.69, 9.17) is 0 Å². The summed E-state index contributed by atoms with van der Waals surface area (Å²) in [6.45, 7) is 6.11. The lowest BCUT2D eigenvalue weighted by atomic mass is 10.1. The Labute approximate surface area is 141 Å². The molecule has 0 aliphatic rings. The van der Waals surface area contributed by atoms with Crippen LogP contribution < -0.4 is 5.32 Å². The highest BCUT2D eigenvalue weighted by atomic mass is 79.9. The van der Waals surface area contributed by atoms with E-state index < -0.39 is 10.0 Å². The summed E-state index contributed by atoms with van der Waals surface area (Å²) in [7, 11) is -3.40. The topological polar surface area (TPSA) is 66.5 Å². The number of aryl methyl sites for hydroxylation is 1. The van der Waals surface area contributed by atoms with E-state index in [9.17, 15) is 13.2 Å². The Balaban J connectivity index is 2.74. The summed E-state index contributed by atoms with van der Waals surface area (Å²) in [6.07, 6.45) is 1.85. The minimum absolute atomic E-state index is 0.166. The summed E-state index contributed by atoms with van der Waals surface area (Å²) in [4.78, 5) is 12.1. The molecule has 0 spiro atoms. The van der Waals surface area contributed by atoms with E-state index in [0.717, 1.165) is 22.7 Å². The summed E-state index contributed by atoms with van der Waals surface area (Å²) in [6, 6.07) is 5.51. The van der Waals surface area contributed by atoms with Crippen LogP contribution in [0.4, 0.5) is 5.69 Å². The van der Waals surface area contributed by atoms with Gasteiger partial charge in [0.25, 0.3) is 0 Å². The van der Waals surface area contributed by atoms with Gasteiger partial charge in [-0.2, -0.15) is 4.31 Å². The fourth-order valence-corrected chi connectivity index (χ4v) is 3.15. The number of nitrogens with zero attached hydrogens (tertiary/aromatic N) is 1. The molecule has 0 saturated carbocycles. The van der Waals surface area contributed by atoms with E-state index in [2.05, 4.69) is 21.2 Å². The fraction of sp³-hybridized carbons (Fsp3) is 0.533. The van der Waals surface area contributed by atoms with Gasteiger partial charge in [0.05, 0.1) is 12.8 Å². The maximum Gasteiger partial charge on any atom is 0.239 e. The van der Waals surface area contributed by atoms with Crippen molar-refractivity contribution in [1.82, 2.24) is 4.31 Å². The molecular formula is C15H23BrN2O3S. The average Bonchev–Trinajstić information content (AvgIpc) is 2.36. The molecule has 0 radical (unpaired) electrons. The molecular weight excluding hydrogens is 368 g/mol. The van der Waals surface area contributed by atoms with E-state index >= 15 is 0 Å². The van der Waals surface area contributed by atoms with Crippen molar-refractivity contribution in [1.29, 1.82) is 0 Å². The van der Waals surface area contributed by atoms with Crippen LogP contribution in [0.5, 0.6) is 0 Å². The monoisotopic (exact) mass is 390 g/mol. The predicted molar refractivity (Wildman–Crippen MR) is 93.4 cm³/mol. The van der Waals surface area contributed by atoms with Crippen LogP contribution in [0.15, 0.2) is 22.7 Å². The smallest absolute Gasteiger partial charge is 0.239 e. The SMILES string of the molecule is Cc1cc(Br)ccc1NC(=O)CN(CCC(C)C)S(C)(=O)=O. The van der Waals surface area contributed by atoms with Crippen molar-refractivity contribution in [2.24, 2.45) is 5.92 Å². The average molecular weight is 391 g/mol. The van der Waals surface area contributed by atoms with Gasteiger partial charge in [-0.25, -0.2) is 8.42 Å². The van der Waals surface area contributed by atoms with E-state index in [1.165, 1.54) is 4.31 Å². The first kappa shape index (κ1) is 19.1. The van der Waals surface area contributed by atoms with Crippen LogP contribution >= 0.6 is 15.9 Å². The normalized spacial score (nSPS) is 12.0. The number of amides is 1. The van der Waals surface area contributed by atoms with Gasteiger partial charge in [-0.1, -0.05) is 29.8 Å². The van der Waals surface area contributed by atoms with Crippen LogP contribution in [0, 0.1) is 12.8 Å². The van der Waals surface area contributed by atoms with Crippen molar-refractivity contribution in [3.63, 3.8) is 0 Å². The lowest BCUT2D eigenvalue weighted by molar-refractivity contribution is -0.116. The Kier molecular flexibility index (Phi) is 7.02. The summed E-state index contributed by atoms with van der Waals surface area (Å²) < 4.78 is 25.7. The molecule has 1 aromatic carbocycles. The lowest BCUT2D eigenvalue weighted by Gasteiger charge is -2.20. The minimum atomic E-state index is -3.40. The van der Waals surface area contributed by atoms with Crippen molar-refractivity contribution in [3.8, 4) is 0 Å². The quantitative estimate of drug-likeness (QED) is 0.777. The number of halogens is 1. The molecule has 124 valence electrons. The van der Waals surface area contributed by atoms with E-state index in [1.54, 1.807) is 6.07 Å². The molecule has 0 heterocycles.